The maximum absolute atomic E-state index is 14.0. The summed E-state index contributed by atoms with van der Waals surface area (Å²) in [6.45, 7) is 1.44. The molecule has 2 aliphatic rings. The van der Waals surface area contributed by atoms with Gasteiger partial charge >= 0.3 is 24.2 Å². The summed E-state index contributed by atoms with van der Waals surface area (Å²) in [7, 11) is 1.27. The zero-order valence-corrected chi connectivity index (χ0v) is 25.1. The maximum atomic E-state index is 14.0. The number of nitrogens with zero attached hydrogens (tertiary/aromatic N) is 3. The minimum absolute atomic E-state index is 0.0115. The number of amides is 4. The molecule has 0 spiro atoms. The normalized spacial score (nSPS) is 20.8. The molecule has 0 radical (unpaired) electrons. The zero-order chi connectivity index (χ0) is 34.1. The van der Waals surface area contributed by atoms with E-state index in [2.05, 4.69) is 0 Å². The topological polar surface area (TPSA) is 104 Å². The Morgan fingerprint density at radius 2 is 1.52 bits per heavy atom. The van der Waals surface area contributed by atoms with E-state index >= 15 is 0 Å². The van der Waals surface area contributed by atoms with E-state index in [1.54, 1.807) is 6.92 Å². The Kier molecular flexibility index (Phi) is 10.0. The van der Waals surface area contributed by atoms with E-state index in [1.165, 1.54) is 35.0 Å². The van der Waals surface area contributed by atoms with Crippen molar-refractivity contribution in [1.82, 2.24) is 14.7 Å². The number of hydrogen-bond donors (Lipinski definition) is 1. The first-order chi connectivity index (χ1) is 21.4. The van der Waals surface area contributed by atoms with Crippen molar-refractivity contribution < 1.29 is 49.9 Å². The van der Waals surface area contributed by atoms with Gasteiger partial charge in [0.1, 0.15) is 5.82 Å². The molecule has 4 amide bonds. The Morgan fingerprint density at radius 3 is 2.09 bits per heavy atom. The summed E-state index contributed by atoms with van der Waals surface area (Å²) in [6, 6.07) is 5.10. The van der Waals surface area contributed by atoms with Crippen LogP contribution in [-0.4, -0.2) is 71.6 Å². The third kappa shape index (κ3) is 7.79. The van der Waals surface area contributed by atoms with Crippen LogP contribution in [0.5, 0.6) is 0 Å². The van der Waals surface area contributed by atoms with Crippen molar-refractivity contribution >= 4 is 23.6 Å². The van der Waals surface area contributed by atoms with E-state index in [1.807, 2.05) is 0 Å². The Morgan fingerprint density at radius 1 is 0.891 bits per heavy atom. The van der Waals surface area contributed by atoms with Gasteiger partial charge in [0.25, 0.3) is 0 Å². The smallest absolute Gasteiger partial charge is 0.361 e. The highest BCUT2D eigenvalue weighted by Gasteiger charge is 2.42. The zero-order valence-electron chi connectivity index (χ0n) is 25.1. The summed E-state index contributed by atoms with van der Waals surface area (Å²) >= 11 is 0. The van der Waals surface area contributed by atoms with Crippen LogP contribution in [0.4, 0.5) is 30.7 Å². The van der Waals surface area contributed by atoms with Gasteiger partial charge in [0.2, 0.25) is 11.8 Å². The first kappa shape index (κ1) is 34.7. The van der Waals surface area contributed by atoms with Crippen LogP contribution in [-0.2, 0) is 38.1 Å². The summed E-state index contributed by atoms with van der Waals surface area (Å²) in [6.07, 6.45) is -9.10. The molecule has 2 aromatic rings. The van der Waals surface area contributed by atoms with Crippen LogP contribution in [0.25, 0.3) is 0 Å². The van der Waals surface area contributed by atoms with E-state index in [4.69, 9.17) is 5.73 Å². The Labute approximate surface area is 260 Å². The molecule has 2 aliphatic heterocycles. The molecule has 3 atom stereocenters. The number of alkyl halides is 6. The predicted molar refractivity (Wildman–Crippen MR) is 150 cm³/mol. The van der Waals surface area contributed by atoms with Gasteiger partial charge in [-0.3, -0.25) is 19.2 Å². The second kappa shape index (κ2) is 13.3. The number of piperidine rings is 2. The summed E-state index contributed by atoms with van der Waals surface area (Å²) in [5.74, 6) is -5.60. The number of carbonyl (C=O) groups excluding carboxylic acids is 4. The molecule has 1 unspecified atom stereocenters. The molecule has 2 aromatic carbocycles. The number of benzene rings is 2. The lowest BCUT2D eigenvalue weighted by atomic mass is 9.77. The molecule has 46 heavy (non-hydrogen) atoms. The van der Waals surface area contributed by atoms with Crippen LogP contribution >= 0.6 is 0 Å². The molecule has 0 aliphatic carbocycles. The van der Waals surface area contributed by atoms with Gasteiger partial charge < -0.3 is 20.4 Å². The quantitative estimate of drug-likeness (QED) is 0.378. The minimum Gasteiger partial charge on any atom is -0.361 e. The van der Waals surface area contributed by atoms with Crippen molar-refractivity contribution in [3.63, 3.8) is 0 Å². The van der Waals surface area contributed by atoms with Gasteiger partial charge in [0, 0.05) is 51.6 Å². The van der Waals surface area contributed by atoms with Crippen molar-refractivity contribution in [2.45, 2.75) is 51.0 Å². The van der Waals surface area contributed by atoms with Crippen molar-refractivity contribution in [1.29, 1.82) is 0 Å². The fraction of sp³-hybridized carbons (Fsp3) is 0.484. The van der Waals surface area contributed by atoms with Crippen LogP contribution in [0.3, 0.4) is 0 Å². The standard InChI is InChI=1S/C31H33F7N4O4/c1-17-10-22(32)5-6-23(17)25-16-42(27(44)19-4-3-8-41(15-19)29(46)26(39)43)9-7-24(25)28(45)40(2)14-18-11-20(30(33,34)35)13-21(12-18)31(36,37)38/h5-6,10-13,19,24-25H,3-4,7-9,14-16H2,1-2H3,(H2,39,43)/t19?,24-,25+/m1/s1. The molecule has 2 fully saturated rings. The Hall–Kier alpha value is -4.17. The van der Waals surface area contributed by atoms with E-state index in [0.717, 1.165) is 4.90 Å². The van der Waals surface area contributed by atoms with Crippen LogP contribution in [0.1, 0.15) is 53.0 Å². The van der Waals surface area contributed by atoms with E-state index in [9.17, 15) is 49.9 Å². The number of aryl methyl sites for hydroxylation is 1. The van der Waals surface area contributed by atoms with Gasteiger partial charge in [-0.15, -0.1) is 0 Å². The Bertz CT molecular complexity index is 1480. The van der Waals surface area contributed by atoms with Gasteiger partial charge in [-0.2, -0.15) is 26.3 Å². The van der Waals surface area contributed by atoms with Crippen molar-refractivity contribution in [2.75, 3.05) is 33.2 Å². The molecule has 0 saturated carbocycles. The summed E-state index contributed by atoms with van der Waals surface area (Å²) in [4.78, 5) is 54.8. The van der Waals surface area contributed by atoms with Crippen LogP contribution < -0.4 is 5.73 Å². The lowest BCUT2D eigenvalue weighted by molar-refractivity contribution is -0.149. The first-order valence-electron chi connectivity index (χ1n) is 14.5. The molecule has 0 aromatic heterocycles. The van der Waals surface area contributed by atoms with Gasteiger partial charge in [-0.05, 0) is 73.2 Å². The van der Waals surface area contributed by atoms with Gasteiger partial charge in [-0.25, -0.2) is 4.39 Å². The fourth-order valence-electron chi connectivity index (χ4n) is 6.34. The highest BCUT2D eigenvalue weighted by Crippen LogP contribution is 2.39. The SMILES string of the molecule is Cc1cc(F)ccc1[C@@H]1CN(C(=O)C2CCCN(C(=O)C(N)=O)C2)CC[C@H]1C(=O)N(C)Cc1cc(C(F)(F)F)cc(C(F)(F)F)c1. The molecule has 2 heterocycles. The van der Waals surface area contributed by atoms with E-state index < -0.39 is 71.3 Å². The number of primary amides is 1. The van der Waals surface area contributed by atoms with E-state index in [-0.39, 0.29) is 50.1 Å². The second-order valence-electron chi connectivity index (χ2n) is 11.8. The summed E-state index contributed by atoms with van der Waals surface area (Å²) in [5.41, 5.74) is 2.80. The molecule has 250 valence electrons. The van der Waals surface area contributed by atoms with Crippen molar-refractivity contribution in [2.24, 2.45) is 17.6 Å². The van der Waals surface area contributed by atoms with Crippen LogP contribution in [0.15, 0.2) is 36.4 Å². The highest BCUT2D eigenvalue weighted by atomic mass is 19.4. The number of halogens is 7. The monoisotopic (exact) mass is 658 g/mol. The minimum atomic E-state index is -5.05. The lowest BCUT2D eigenvalue weighted by Gasteiger charge is -2.42. The summed E-state index contributed by atoms with van der Waals surface area (Å²) in [5, 5.41) is 0. The van der Waals surface area contributed by atoms with Crippen LogP contribution in [0, 0.1) is 24.6 Å². The average Bonchev–Trinajstić information content (AvgIpc) is 2.98. The molecule has 15 heteroatoms. The predicted octanol–water partition coefficient (Wildman–Crippen LogP) is 4.49. The average molecular weight is 659 g/mol. The number of carbonyl (C=O) groups is 4. The third-order valence-electron chi connectivity index (χ3n) is 8.59. The number of rotatable bonds is 5. The molecule has 8 nitrogen and oxygen atoms in total. The lowest BCUT2D eigenvalue weighted by Crippen LogP contribution is -2.53. The Balaban J connectivity index is 1.59. The third-order valence-corrected chi connectivity index (χ3v) is 8.59. The van der Waals surface area contributed by atoms with Crippen molar-refractivity contribution in [3.8, 4) is 0 Å². The van der Waals surface area contributed by atoms with Gasteiger partial charge in [0.05, 0.1) is 17.0 Å². The highest BCUT2D eigenvalue weighted by molar-refractivity contribution is 6.34. The molecule has 0 bridgehead atoms. The molecule has 4 rings (SSSR count). The number of likely N-dealkylation sites (tertiary alicyclic amines) is 2. The molecular formula is C31H33F7N4O4. The van der Waals surface area contributed by atoms with E-state index in [0.29, 0.717) is 36.1 Å². The second-order valence-corrected chi connectivity index (χ2v) is 11.8. The molecule has 2 saturated heterocycles. The van der Waals surface area contributed by atoms with Gasteiger partial charge in [0.15, 0.2) is 0 Å². The molecule has 2 N–H and O–H groups in total. The fourth-order valence-corrected chi connectivity index (χ4v) is 6.34. The van der Waals surface area contributed by atoms with Gasteiger partial charge in [-0.1, -0.05) is 6.07 Å². The number of hydrogen-bond acceptors (Lipinski definition) is 4. The summed E-state index contributed by atoms with van der Waals surface area (Å²) < 4.78 is 94.5. The largest absolute Gasteiger partial charge is 0.416 e. The molecular weight excluding hydrogens is 625 g/mol. The van der Waals surface area contributed by atoms with Crippen molar-refractivity contribution in [3.05, 3.63) is 70.0 Å². The maximum Gasteiger partial charge on any atom is 0.416 e. The van der Waals surface area contributed by atoms with Crippen LogP contribution in [0.2, 0.25) is 0 Å². The first-order valence-corrected chi connectivity index (χ1v) is 14.5. The number of nitrogens with two attached hydrogens (primary N) is 1.